The molecule has 4 rings (SSSR count). The standard InChI is InChI=1S/C21H28O5/c1-11(22)15-9-17(25)21(26)14-5-4-12-8-13(23)6-7-19(12,2)18(14)16(24)10-20(15,21)3/h4,13-15,18,23,26H,5-10H2,1-3H3/t13-,14+,15+,18+,19-,20+,21+/m0/s1. The minimum atomic E-state index is -1.62. The molecule has 4 aliphatic rings. The van der Waals surface area contributed by atoms with Crippen LogP contribution < -0.4 is 0 Å². The van der Waals surface area contributed by atoms with E-state index in [1.165, 1.54) is 6.92 Å². The monoisotopic (exact) mass is 360 g/mol. The first-order valence-electron chi connectivity index (χ1n) is 9.72. The molecule has 0 saturated heterocycles. The minimum absolute atomic E-state index is 0.0326. The van der Waals surface area contributed by atoms with Crippen LogP contribution in [-0.2, 0) is 14.4 Å². The summed E-state index contributed by atoms with van der Waals surface area (Å²) in [4.78, 5) is 38.4. The molecule has 5 nitrogen and oxygen atoms in total. The highest BCUT2D eigenvalue weighted by Crippen LogP contribution is 2.65. The van der Waals surface area contributed by atoms with Crippen molar-refractivity contribution in [3.63, 3.8) is 0 Å². The number of carbonyl (C=O) groups is 3. The summed E-state index contributed by atoms with van der Waals surface area (Å²) in [5.41, 5.74) is -1.95. The fourth-order valence-electron chi connectivity index (χ4n) is 6.83. The van der Waals surface area contributed by atoms with E-state index in [1.54, 1.807) is 6.92 Å². The summed E-state index contributed by atoms with van der Waals surface area (Å²) in [6, 6.07) is 0. The van der Waals surface area contributed by atoms with Gasteiger partial charge in [0, 0.05) is 36.0 Å². The number of rotatable bonds is 1. The maximum atomic E-state index is 13.3. The molecule has 0 aliphatic heterocycles. The summed E-state index contributed by atoms with van der Waals surface area (Å²) in [6.45, 7) is 5.26. The second kappa shape index (κ2) is 5.35. The number of aliphatic hydroxyl groups is 2. The Bertz CT molecular complexity index is 739. The van der Waals surface area contributed by atoms with Crippen LogP contribution in [0.2, 0.25) is 0 Å². The summed E-state index contributed by atoms with van der Waals surface area (Å²) in [6.07, 6.45) is 4.09. The van der Waals surface area contributed by atoms with E-state index >= 15 is 0 Å². The molecule has 0 radical (unpaired) electrons. The molecule has 3 saturated carbocycles. The molecule has 2 N–H and O–H groups in total. The number of allylic oxidation sites excluding steroid dienone is 1. The van der Waals surface area contributed by atoms with Gasteiger partial charge in [0.25, 0.3) is 0 Å². The lowest BCUT2D eigenvalue weighted by atomic mass is 9.45. The van der Waals surface area contributed by atoms with Crippen LogP contribution in [0.15, 0.2) is 11.6 Å². The first-order chi connectivity index (χ1) is 12.1. The molecule has 3 fully saturated rings. The van der Waals surface area contributed by atoms with Gasteiger partial charge < -0.3 is 10.2 Å². The van der Waals surface area contributed by atoms with Crippen LogP contribution in [0.1, 0.15) is 59.3 Å². The highest BCUT2D eigenvalue weighted by atomic mass is 16.3. The Morgan fingerprint density at radius 3 is 2.58 bits per heavy atom. The number of ketones is 3. The van der Waals surface area contributed by atoms with Gasteiger partial charge in [-0.2, -0.15) is 0 Å². The minimum Gasteiger partial charge on any atom is -0.393 e. The van der Waals surface area contributed by atoms with Crippen molar-refractivity contribution in [1.82, 2.24) is 0 Å². The summed E-state index contributed by atoms with van der Waals surface area (Å²) in [5, 5.41) is 21.7. The maximum Gasteiger partial charge on any atom is 0.166 e. The van der Waals surface area contributed by atoms with Gasteiger partial charge in [0.15, 0.2) is 5.78 Å². The van der Waals surface area contributed by atoms with E-state index in [-0.39, 0.29) is 36.3 Å². The van der Waals surface area contributed by atoms with Gasteiger partial charge >= 0.3 is 0 Å². The third-order valence-electron chi connectivity index (χ3n) is 8.26. The van der Waals surface area contributed by atoms with E-state index in [9.17, 15) is 24.6 Å². The Morgan fingerprint density at radius 2 is 1.92 bits per heavy atom. The van der Waals surface area contributed by atoms with Gasteiger partial charge in [-0.25, -0.2) is 0 Å². The summed E-state index contributed by atoms with van der Waals surface area (Å²) < 4.78 is 0. The lowest BCUT2D eigenvalue weighted by Crippen LogP contribution is -2.66. The topological polar surface area (TPSA) is 91.7 Å². The first-order valence-corrected chi connectivity index (χ1v) is 9.72. The van der Waals surface area contributed by atoms with E-state index in [4.69, 9.17) is 0 Å². The molecular weight excluding hydrogens is 332 g/mol. The molecule has 5 heteroatoms. The Balaban J connectivity index is 1.84. The van der Waals surface area contributed by atoms with Crippen molar-refractivity contribution >= 4 is 17.3 Å². The van der Waals surface area contributed by atoms with E-state index in [0.717, 1.165) is 5.57 Å². The highest BCUT2D eigenvalue weighted by Gasteiger charge is 2.73. The van der Waals surface area contributed by atoms with Crippen molar-refractivity contribution in [2.24, 2.45) is 28.6 Å². The number of carbonyl (C=O) groups excluding carboxylic acids is 3. The molecule has 0 amide bonds. The van der Waals surface area contributed by atoms with Crippen molar-refractivity contribution in [3.05, 3.63) is 11.6 Å². The second-order valence-corrected chi connectivity index (χ2v) is 9.48. The third kappa shape index (κ3) is 1.96. The van der Waals surface area contributed by atoms with Crippen molar-refractivity contribution in [2.45, 2.75) is 71.0 Å². The van der Waals surface area contributed by atoms with Gasteiger partial charge in [0.1, 0.15) is 17.2 Å². The van der Waals surface area contributed by atoms with Gasteiger partial charge in [-0.3, -0.25) is 14.4 Å². The Hall–Kier alpha value is -1.33. The molecule has 0 aromatic rings. The zero-order chi connectivity index (χ0) is 19.1. The van der Waals surface area contributed by atoms with E-state index in [0.29, 0.717) is 25.7 Å². The van der Waals surface area contributed by atoms with Crippen LogP contribution in [0.3, 0.4) is 0 Å². The number of Topliss-reactive ketones (excluding diaryl/α,β-unsaturated/α-hetero) is 3. The molecule has 142 valence electrons. The number of hydrogen-bond acceptors (Lipinski definition) is 5. The molecule has 0 bridgehead atoms. The van der Waals surface area contributed by atoms with Crippen molar-refractivity contribution < 1.29 is 24.6 Å². The first kappa shape index (κ1) is 18.1. The quantitative estimate of drug-likeness (QED) is 0.698. The highest BCUT2D eigenvalue weighted by molar-refractivity contribution is 6.01. The van der Waals surface area contributed by atoms with Gasteiger partial charge in [0.2, 0.25) is 0 Å². The molecule has 26 heavy (non-hydrogen) atoms. The maximum absolute atomic E-state index is 13.3. The smallest absolute Gasteiger partial charge is 0.166 e. The van der Waals surface area contributed by atoms with Crippen LogP contribution in [0, 0.1) is 28.6 Å². The van der Waals surface area contributed by atoms with Crippen molar-refractivity contribution in [1.29, 1.82) is 0 Å². The molecule has 4 aliphatic carbocycles. The zero-order valence-corrected chi connectivity index (χ0v) is 15.7. The Kier molecular flexibility index (Phi) is 3.72. The van der Waals surface area contributed by atoms with E-state index < -0.39 is 34.2 Å². The second-order valence-electron chi connectivity index (χ2n) is 9.48. The summed E-state index contributed by atoms with van der Waals surface area (Å²) >= 11 is 0. The lowest BCUT2D eigenvalue weighted by molar-refractivity contribution is -0.188. The fraction of sp³-hybridized carbons (Fsp3) is 0.762. The van der Waals surface area contributed by atoms with E-state index in [1.807, 2.05) is 13.0 Å². The molecule has 0 heterocycles. The third-order valence-corrected chi connectivity index (χ3v) is 8.26. The van der Waals surface area contributed by atoms with E-state index in [2.05, 4.69) is 0 Å². The van der Waals surface area contributed by atoms with Crippen molar-refractivity contribution in [3.8, 4) is 0 Å². The summed E-state index contributed by atoms with van der Waals surface area (Å²) in [5.74, 6) is -1.82. The van der Waals surface area contributed by atoms with Crippen molar-refractivity contribution in [2.75, 3.05) is 0 Å². The molecule has 0 unspecified atom stereocenters. The molecule has 0 aromatic carbocycles. The average Bonchev–Trinajstić information content (AvgIpc) is 2.76. The van der Waals surface area contributed by atoms with Crippen LogP contribution in [0.25, 0.3) is 0 Å². The Morgan fingerprint density at radius 1 is 1.23 bits per heavy atom. The van der Waals surface area contributed by atoms with Crippen LogP contribution >= 0.6 is 0 Å². The molecule has 0 aromatic heterocycles. The Labute approximate surface area is 153 Å². The zero-order valence-electron chi connectivity index (χ0n) is 15.7. The number of fused-ring (bicyclic) bond motifs is 5. The SMILES string of the molecule is CC(=O)[C@H]1CC(=O)[C@]2(O)[C@@H]3CC=C4C[C@@H](O)CC[C@]4(C)[C@H]3C(=O)C[C@]12C. The number of aliphatic hydroxyl groups excluding tert-OH is 1. The molecule has 7 atom stereocenters. The predicted molar refractivity (Wildman–Crippen MR) is 94.1 cm³/mol. The van der Waals surface area contributed by atoms with Gasteiger partial charge in [-0.1, -0.05) is 25.5 Å². The summed E-state index contributed by atoms with van der Waals surface area (Å²) in [7, 11) is 0. The van der Waals surface area contributed by atoms with Crippen LogP contribution in [0.4, 0.5) is 0 Å². The average molecular weight is 360 g/mol. The normalized spacial score (nSPS) is 50.6. The number of hydrogen-bond donors (Lipinski definition) is 2. The van der Waals surface area contributed by atoms with Crippen LogP contribution in [0.5, 0.6) is 0 Å². The molecule has 0 spiro atoms. The van der Waals surface area contributed by atoms with Crippen LogP contribution in [-0.4, -0.2) is 39.3 Å². The molecular formula is C21H28O5. The fourth-order valence-corrected chi connectivity index (χ4v) is 6.83. The lowest BCUT2D eigenvalue weighted by Gasteiger charge is -2.59. The van der Waals surface area contributed by atoms with Gasteiger partial charge in [-0.05, 0) is 38.0 Å². The van der Waals surface area contributed by atoms with Gasteiger partial charge in [0.05, 0.1) is 6.10 Å². The predicted octanol–water partition coefficient (Wildman–Crippen LogP) is 1.99. The van der Waals surface area contributed by atoms with Gasteiger partial charge in [-0.15, -0.1) is 0 Å². The largest absolute Gasteiger partial charge is 0.393 e.